The van der Waals surface area contributed by atoms with Gasteiger partial charge in [0.2, 0.25) is 0 Å². The summed E-state index contributed by atoms with van der Waals surface area (Å²) < 4.78 is 17.5. The Labute approximate surface area is 411 Å². The molecule has 0 fully saturated rings. The Bertz CT molecular complexity index is 1130. The molecule has 384 valence electrons. The molecule has 1 unspecified atom stereocenters. The highest BCUT2D eigenvalue weighted by atomic mass is 16.6. The first-order valence-corrected chi connectivity index (χ1v) is 28.8. The van der Waals surface area contributed by atoms with Gasteiger partial charge in [-0.05, 0) is 83.5 Å². The van der Waals surface area contributed by atoms with Crippen LogP contribution in [0.2, 0.25) is 0 Å². The normalized spacial score (nSPS) is 12.6. The van der Waals surface area contributed by atoms with Gasteiger partial charge in [0, 0.05) is 19.4 Å². The third-order valence-electron chi connectivity index (χ3n) is 12.5. The zero-order chi connectivity index (χ0) is 47.7. The lowest BCUT2D eigenvalue weighted by molar-refractivity contribution is -0.163. The minimum Gasteiger partial charge on any atom is -0.462 e. The Morgan fingerprint density at radius 3 is 1.12 bits per heavy atom. The van der Waals surface area contributed by atoms with Crippen LogP contribution >= 0.6 is 0 Å². The van der Waals surface area contributed by atoms with E-state index in [1.807, 2.05) is 0 Å². The van der Waals surface area contributed by atoms with Gasteiger partial charge in [0.1, 0.15) is 6.61 Å². The van der Waals surface area contributed by atoms with E-state index in [4.69, 9.17) is 14.2 Å². The van der Waals surface area contributed by atoms with E-state index in [1.165, 1.54) is 186 Å². The first-order valence-electron chi connectivity index (χ1n) is 28.8. The molecule has 0 heterocycles. The Balaban J connectivity index is 4.26. The van der Waals surface area contributed by atoms with Crippen molar-refractivity contribution in [3.05, 3.63) is 60.8 Å². The van der Waals surface area contributed by atoms with E-state index in [9.17, 15) is 9.59 Å². The van der Waals surface area contributed by atoms with Crippen LogP contribution in [0.3, 0.4) is 0 Å². The first kappa shape index (κ1) is 63.6. The second-order valence-electron chi connectivity index (χ2n) is 19.2. The number of ether oxygens (including phenoxy) is 3. The van der Waals surface area contributed by atoms with Crippen LogP contribution < -0.4 is 0 Å². The molecule has 0 bridgehead atoms. The van der Waals surface area contributed by atoms with Crippen molar-refractivity contribution in [3.8, 4) is 0 Å². The second kappa shape index (κ2) is 56.9. The van der Waals surface area contributed by atoms with E-state index in [1.54, 1.807) is 0 Å². The molecule has 0 rings (SSSR count). The predicted molar refractivity (Wildman–Crippen MR) is 288 cm³/mol. The lowest BCUT2D eigenvalue weighted by Crippen LogP contribution is -2.30. The lowest BCUT2D eigenvalue weighted by atomic mass is 10.0. The van der Waals surface area contributed by atoms with E-state index in [2.05, 4.69) is 81.5 Å². The largest absolute Gasteiger partial charge is 0.462 e. The molecule has 0 aliphatic carbocycles. The SMILES string of the molecule is CC/C=C\C/C=C\C/C=C\CCCCCCCCOCC(COC(=O)CCCCCCCCCCC/C=C\C/C=C\CCCCC)OC(=O)CCCCCCCCCCCCCCCCC. The van der Waals surface area contributed by atoms with Gasteiger partial charge in [-0.3, -0.25) is 9.59 Å². The maximum atomic E-state index is 12.9. The fraction of sp³-hybridized carbons (Fsp3) is 0.803. The number of allylic oxidation sites excluding steroid dienone is 10. The zero-order valence-electron chi connectivity index (χ0n) is 44.2. The quantitative estimate of drug-likeness (QED) is 0.0346. The molecule has 0 aromatic rings. The van der Waals surface area contributed by atoms with Gasteiger partial charge in [0.05, 0.1) is 6.61 Å². The van der Waals surface area contributed by atoms with E-state index < -0.39 is 6.10 Å². The van der Waals surface area contributed by atoms with E-state index >= 15 is 0 Å². The minimum atomic E-state index is -0.544. The molecule has 0 saturated carbocycles. The van der Waals surface area contributed by atoms with Gasteiger partial charge in [0.15, 0.2) is 6.10 Å². The fourth-order valence-corrected chi connectivity index (χ4v) is 8.26. The molecular weight excluding hydrogens is 813 g/mol. The molecule has 0 saturated heterocycles. The van der Waals surface area contributed by atoms with Crippen molar-refractivity contribution in [1.29, 1.82) is 0 Å². The zero-order valence-corrected chi connectivity index (χ0v) is 44.2. The van der Waals surface area contributed by atoms with Crippen molar-refractivity contribution in [3.63, 3.8) is 0 Å². The molecule has 0 amide bonds. The van der Waals surface area contributed by atoms with Crippen LogP contribution in [0.15, 0.2) is 60.8 Å². The number of esters is 2. The van der Waals surface area contributed by atoms with Gasteiger partial charge in [-0.2, -0.15) is 0 Å². The highest BCUT2D eigenvalue weighted by Gasteiger charge is 2.17. The first-order chi connectivity index (χ1) is 32.6. The molecule has 0 spiro atoms. The minimum absolute atomic E-state index is 0.0798. The summed E-state index contributed by atoms with van der Waals surface area (Å²) in [6, 6.07) is 0. The maximum Gasteiger partial charge on any atom is 0.306 e. The lowest BCUT2D eigenvalue weighted by Gasteiger charge is -2.18. The van der Waals surface area contributed by atoms with E-state index in [0.29, 0.717) is 19.4 Å². The molecule has 0 aromatic heterocycles. The molecule has 5 heteroatoms. The van der Waals surface area contributed by atoms with Crippen LogP contribution in [0.5, 0.6) is 0 Å². The summed E-state index contributed by atoms with van der Waals surface area (Å²) in [4.78, 5) is 25.5. The van der Waals surface area contributed by atoms with Crippen LogP contribution in [0.25, 0.3) is 0 Å². The topological polar surface area (TPSA) is 61.8 Å². The van der Waals surface area contributed by atoms with Gasteiger partial charge < -0.3 is 14.2 Å². The summed E-state index contributed by atoms with van der Waals surface area (Å²) in [5.41, 5.74) is 0. The summed E-state index contributed by atoms with van der Waals surface area (Å²) in [7, 11) is 0. The van der Waals surface area contributed by atoms with Crippen LogP contribution in [-0.2, 0) is 23.8 Å². The van der Waals surface area contributed by atoms with Gasteiger partial charge in [0.25, 0.3) is 0 Å². The third kappa shape index (κ3) is 54.2. The Hall–Kier alpha value is -2.40. The van der Waals surface area contributed by atoms with Crippen molar-refractivity contribution in [2.75, 3.05) is 19.8 Å². The van der Waals surface area contributed by atoms with E-state index in [0.717, 1.165) is 70.6 Å². The summed E-state index contributed by atoms with van der Waals surface area (Å²) in [5, 5.41) is 0. The Morgan fingerprint density at radius 2 is 0.682 bits per heavy atom. The van der Waals surface area contributed by atoms with E-state index in [-0.39, 0.29) is 25.2 Å². The van der Waals surface area contributed by atoms with Crippen molar-refractivity contribution >= 4 is 11.9 Å². The average molecular weight is 924 g/mol. The number of rotatable bonds is 53. The predicted octanol–water partition coefficient (Wildman–Crippen LogP) is 19.7. The summed E-state index contributed by atoms with van der Waals surface area (Å²) in [6.45, 7) is 7.71. The van der Waals surface area contributed by atoms with Crippen molar-refractivity contribution < 1.29 is 23.8 Å². The molecule has 0 aromatic carbocycles. The van der Waals surface area contributed by atoms with Crippen LogP contribution in [0.1, 0.15) is 290 Å². The van der Waals surface area contributed by atoms with Gasteiger partial charge >= 0.3 is 11.9 Å². The number of unbranched alkanes of at least 4 members (excludes halogenated alkanes) is 32. The second-order valence-corrected chi connectivity index (χ2v) is 19.2. The molecule has 5 nitrogen and oxygen atoms in total. The smallest absolute Gasteiger partial charge is 0.306 e. The highest BCUT2D eigenvalue weighted by molar-refractivity contribution is 5.70. The van der Waals surface area contributed by atoms with Crippen molar-refractivity contribution in [2.45, 2.75) is 297 Å². The summed E-state index contributed by atoms with van der Waals surface area (Å²) in [6.07, 6.45) is 72.4. The standard InChI is InChI=1S/C61H110O5/c1-4-7-10-13-16-19-22-25-28-30-31-32-34-36-39-42-45-48-51-54-60(62)65-58-59(57-64-56-53-50-47-44-41-38-35-29-26-23-20-17-14-11-8-5-2)66-61(63)55-52-49-46-43-40-37-33-27-24-21-18-15-12-9-6-3/h8,11,16-17,19-20,25-26,28-29,59H,4-7,9-10,12-15,18,21-24,27,30-58H2,1-3H3/b11-8-,19-16-,20-17-,28-25-,29-26-. The Kier molecular flexibility index (Phi) is 54.9. The Morgan fingerprint density at radius 1 is 0.348 bits per heavy atom. The highest BCUT2D eigenvalue weighted by Crippen LogP contribution is 2.16. The number of carbonyl (C=O) groups excluding carboxylic acids is 2. The summed E-state index contributed by atoms with van der Waals surface area (Å²) in [5.74, 6) is -0.396. The molecule has 0 radical (unpaired) electrons. The fourth-order valence-electron chi connectivity index (χ4n) is 8.26. The third-order valence-corrected chi connectivity index (χ3v) is 12.5. The molecule has 0 aliphatic heterocycles. The van der Waals surface area contributed by atoms with Crippen LogP contribution in [-0.4, -0.2) is 37.9 Å². The maximum absolute atomic E-state index is 12.9. The molecule has 0 aliphatic rings. The molecule has 1 atom stereocenters. The monoisotopic (exact) mass is 923 g/mol. The van der Waals surface area contributed by atoms with Crippen LogP contribution in [0, 0.1) is 0 Å². The number of hydrogen-bond acceptors (Lipinski definition) is 5. The average Bonchev–Trinajstić information content (AvgIpc) is 3.32. The molecular formula is C61H110O5. The van der Waals surface area contributed by atoms with Gasteiger partial charge in [-0.15, -0.1) is 0 Å². The summed E-state index contributed by atoms with van der Waals surface area (Å²) >= 11 is 0. The van der Waals surface area contributed by atoms with Gasteiger partial charge in [-0.25, -0.2) is 0 Å². The number of carbonyl (C=O) groups is 2. The number of hydrogen-bond donors (Lipinski definition) is 0. The van der Waals surface area contributed by atoms with Crippen LogP contribution in [0.4, 0.5) is 0 Å². The molecule has 0 N–H and O–H groups in total. The van der Waals surface area contributed by atoms with Crippen molar-refractivity contribution in [1.82, 2.24) is 0 Å². The van der Waals surface area contributed by atoms with Crippen molar-refractivity contribution in [2.24, 2.45) is 0 Å². The molecule has 66 heavy (non-hydrogen) atoms. The van der Waals surface area contributed by atoms with Gasteiger partial charge in [-0.1, -0.05) is 255 Å².